The second-order valence-corrected chi connectivity index (χ2v) is 5.67. The van der Waals surface area contributed by atoms with E-state index < -0.39 is 0 Å². The molecule has 0 heterocycles. The van der Waals surface area contributed by atoms with Gasteiger partial charge in [0.25, 0.3) is 0 Å². The first-order chi connectivity index (χ1) is 9.76. The Kier molecular flexibility index (Phi) is 14.1. The van der Waals surface area contributed by atoms with Crippen LogP contribution in [0.5, 0.6) is 0 Å². The first-order valence-corrected chi connectivity index (χ1v) is 8.52. The van der Waals surface area contributed by atoms with Gasteiger partial charge in [0.1, 0.15) is 0 Å². The average Bonchev–Trinajstić information content (AvgIpc) is 2.47. The molecule has 0 rings (SSSR count). The van der Waals surface area contributed by atoms with E-state index in [2.05, 4.69) is 44.2 Å². The molecule has 0 amide bonds. The second kappa shape index (κ2) is 14.6. The fourth-order valence-electron chi connectivity index (χ4n) is 2.27. The fourth-order valence-corrected chi connectivity index (χ4v) is 2.27. The predicted octanol–water partition coefficient (Wildman–Crippen LogP) is 4.99. The molecule has 0 aliphatic carbocycles. The van der Waals surface area contributed by atoms with E-state index in [1.54, 1.807) is 6.20 Å². The van der Waals surface area contributed by atoms with E-state index >= 15 is 0 Å². The molecule has 0 saturated carbocycles. The lowest BCUT2D eigenvalue weighted by atomic mass is 9.94. The molecule has 118 valence electrons. The largest absolute Gasteiger partial charge is 0.368 e. The summed E-state index contributed by atoms with van der Waals surface area (Å²) in [5.41, 5.74) is 1.52. The van der Waals surface area contributed by atoms with Crippen molar-refractivity contribution in [3.63, 3.8) is 0 Å². The monoisotopic (exact) mass is 280 g/mol. The lowest BCUT2D eigenvalue weighted by Crippen LogP contribution is -2.16. The Morgan fingerprint density at radius 3 is 2.35 bits per heavy atom. The third-order valence-electron chi connectivity index (χ3n) is 3.91. The third kappa shape index (κ3) is 11.1. The van der Waals surface area contributed by atoms with E-state index in [-0.39, 0.29) is 0 Å². The Bertz CT molecular complexity index is 246. The summed E-state index contributed by atoms with van der Waals surface area (Å²) in [7, 11) is 0. The minimum atomic E-state index is 0.671. The number of hydrogen-bond donors (Lipinski definition) is 2. The molecule has 0 aromatic heterocycles. The fraction of sp³-hybridized carbons (Fsp3) is 0.778. The van der Waals surface area contributed by atoms with Gasteiger partial charge in [-0.2, -0.15) is 0 Å². The van der Waals surface area contributed by atoms with Crippen molar-refractivity contribution in [2.24, 2.45) is 5.92 Å². The van der Waals surface area contributed by atoms with Gasteiger partial charge in [-0.1, -0.05) is 52.2 Å². The quantitative estimate of drug-likeness (QED) is 0.438. The SMILES string of the molecule is C=CN/C=C(/CCCCNCCCCCC)C(C)CC. The van der Waals surface area contributed by atoms with Crippen LogP contribution in [0, 0.1) is 5.92 Å². The Balaban J connectivity index is 3.61. The van der Waals surface area contributed by atoms with Crippen LogP contribution in [0.15, 0.2) is 24.6 Å². The highest BCUT2D eigenvalue weighted by atomic mass is 14.8. The van der Waals surface area contributed by atoms with Crippen molar-refractivity contribution < 1.29 is 0 Å². The molecule has 0 radical (unpaired) electrons. The minimum absolute atomic E-state index is 0.671. The van der Waals surface area contributed by atoms with Gasteiger partial charge in [-0.15, -0.1) is 0 Å². The van der Waals surface area contributed by atoms with Crippen LogP contribution in [0.2, 0.25) is 0 Å². The van der Waals surface area contributed by atoms with Gasteiger partial charge >= 0.3 is 0 Å². The standard InChI is InChI=1S/C18H36N2/c1-5-8-9-11-14-20-15-12-10-13-18(16-19-7-3)17(4)6-2/h7,16-17,19-20H,3,5-6,8-15H2,1-2,4H3/b18-16-. The molecule has 20 heavy (non-hydrogen) atoms. The van der Waals surface area contributed by atoms with Crippen LogP contribution in [0.25, 0.3) is 0 Å². The lowest BCUT2D eigenvalue weighted by Gasteiger charge is -2.14. The molecule has 0 aliphatic rings. The van der Waals surface area contributed by atoms with Crippen LogP contribution in [0.1, 0.15) is 72.1 Å². The molecule has 2 heteroatoms. The summed E-state index contributed by atoms with van der Waals surface area (Å²) < 4.78 is 0. The summed E-state index contributed by atoms with van der Waals surface area (Å²) in [4.78, 5) is 0. The zero-order valence-electron chi connectivity index (χ0n) is 14.0. The Morgan fingerprint density at radius 2 is 1.75 bits per heavy atom. The smallest absolute Gasteiger partial charge is 0.000114 e. The molecule has 0 aromatic rings. The molecule has 2 N–H and O–H groups in total. The van der Waals surface area contributed by atoms with Crippen molar-refractivity contribution in [2.75, 3.05) is 13.1 Å². The maximum Gasteiger partial charge on any atom is -0.000114 e. The Morgan fingerprint density at radius 1 is 1.05 bits per heavy atom. The minimum Gasteiger partial charge on any atom is -0.368 e. The van der Waals surface area contributed by atoms with Gasteiger partial charge in [-0.05, 0) is 63.5 Å². The molecule has 0 aliphatic heterocycles. The zero-order valence-corrected chi connectivity index (χ0v) is 14.0. The average molecular weight is 280 g/mol. The van der Waals surface area contributed by atoms with Crippen LogP contribution in [-0.4, -0.2) is 13.1 Å². The molecule has 0 spiro atoms. The number of hydrogen-bond acceptors (Lipinski definition) is 2. The summed E-state index contributed by atoms with van der Waals surface area (Å²) in [6.07, 6.45) is 14.2. The molecule has 0 fully saturated rings. The first kappa shape index (κ1) is 19.2. The van der Waals surface area contributed by atoms with Gasteiger partial charge in [-0.3, -0.25) is 0 Å². The van der Waals surface area contributed by atoms with Crippen LogP contribution >= 0.6 is 0 Å². The highest BCUT2D eigenvalue weighted by Gasteiger charge is 2.05. The molecule has 0 aromatic carbocycles. The molecule has 1 unspecified atom stereocenters. The molecular weight excluding hydrogens is 244 g/mol. The second-order valence-electron chi connectivity index (χ2n) is 5.67. The van der Waals surface area contributed by atoms with Crippen LogP contribution in [0.4, 0.5) is 0 Å². The van der Waals surface area contributed by atoms with E-state index in [0.29, 0.717) is 5.92 Å². The van der Waals surface area contributed by atoms with Crippen molar-refractivity contribution in [1.82, 2.24) is 10.6 Å². The zero-order chi connectivity index (χ0) is 15.1. The highest BCUT2D eigenvalue weighted by molar-refractivity contribution is 5.05. The molecule has 0 saturated heterocycles. The van der Waals surface area contributed by atoms with Crippen molar-refractivity contribution in [2.45, 2.75) is 72.1 Å². The van der Waals surface area contributed by atoms with Gasteiger partial charge < -0.3 is 10.6 Å². The highest BCUT2D eigenvalue weighted by Crippen LogP contribution is 2.19. The molecule has 2 nitrogen and oxygen atoms in total. The molecule has 0 bridgehead atoms. The van der Waals surface area contributed by atoms with Gasteiger partial charge in [0, 0.05) is 0 Å². The van der Waals surface area contributed by atoms with Gasteiger partial charge in [0.15, 0.2) is 0 Å². The summed E-state index contributed by atoms with van der Waals surface area (Å²) in [5.74, 6) is 0.671. The Hall–Kier alpha value is -0.760. The normalized spacial score (nSPS) is 13.2. The van der Waals surface area contributed by atoms with E-state index in [4.69, 9.17) is 0 Å². The number of allylic oxidation sites excluding steroid dienone is 1. The lowest BCUT2D eigenvalue weighted by molar-refractivity contribution is 0.556. The van der Waals surface area contributed by atoms with Crippen LogP contribution in [0.3, 0.4) is 0 Å². The van der Waals surface area contributed by atoms with Crippen molar-refractivity contribution in [1.29, 1.82) is 0 Å². The maximum absolute atomic E-state index is 3.70. The summed E-state index contributed by atoms with van der Waals surface area (Å²) in [6.45, 7) is 12.9. The maximum atomic E-state index is 3.70. The number of rotatable bonds is 14. The summed E-state index contributed by atoms with van der Waals surface area (Å²) >= 11 is 0. The molecule has 1 atom stereocenters. The molecular formula is C18H36N2. The van der Waals surface area contributed by atoms with Crippen LogP contribution < -0.4 is 10.6 Å². The first-order valence-electron chi connectivity index (χ1n) is 8.52. The van der Waals surface area contributed by atoms with Crippen LogP contribution in [-0.2, 0) is 0 Å². The van der Waals surface area contributed by atoms with E-state index in [0.717, 1.165) is 6.54 Å². The van der Waals surface area contributed by atoms with Crippen molar-refractivity contribution in [3.8, 4) is 0 Å². The predicted molar refractivity (Wildman–Crippen MR) is 91.7 cm³/mol. The van der Waals surface area contributed by atoms with E-state index in [9.17, 15) is 0 Å². The third-order valence-corrected chi connectivity index (χ3v) is 3.91. The number of nitrogens with one attached hydrogen (secondary N) is 2. The Labute approximate surface area is 127 Å². The van der Waals surface area contributed by atoms with Gasteiger partial charge in [-0.25, -0.2) is 0 Å². The topological polar surface area (TPSA) is 24.1 Å². The number of unbranched alkanes of at least 4 members (excludes halogenated alkanes) is 4. The van der Waals surface area contributed by atoms with E-state index in [1.165, 1.54) is 63.5 Å². The van der Waals surface area contributed by atoms with Crippen molar-refractivity contribution in [3.05, 3.63) is 24.6 Å². The summed E-state index contributed by atoms with van der Waals surface area (Å²) in [6, 6.07) is 0. The summed E-state index contributed by atoms with van der Waals surface area (Å²) in [5, 5.41) is 6.68. The van der Waals surface area contributed by atoms with Gasteiger partial charge in [0.2, 0.25) is 0 Å². The van der Waals surface area contributed by atoms with E-state index in [1.807, 2.05) is 0 Å². The van der Waals surface area contributed by atoms with Gasteiger partial charge in [0.05, 0.1) is 0 Å². The van der Waals surface area contributed by atoms with Crippen molar-refractivity contribution >= 4 is 0 Å².